The van der Waals surface area contributed by atoms with Gasteiger partial charge in [0.15, 0.2) is 5.17 Å². The summed E-state index contributed by atoms with van der Waals surface area (Å²) in [5.74, 6) is 0.790. The predicted molar refractivity (Wildman–Crippen MR) is 184 cm³/mol. The Morgan fingerprint density at radius 1 is 0.818 bits per heavy atom. The van der Waals surface area contributed by atoms with Crippen LogP contribution in [0.25, 0.3) is 11.8 Å². The molecule has 0 radical (unpaired) electrons. The van der Waals surface area contributed by atoms with Gasteiger partial charge in [0, 0.05) is 21.5 Å². The summed E-state index contributed by atoms with van der Waals surface area (Å²) in [6.45, 7) is 5.69. The number of amidine groups is 1. The van der Waals surface area contributed by atoms with Gasteiger partial charge in [-0.2, -0.15) is 0 Å². The number of hydrogen-bond acceptors (Lipinski definition) is 4. The van der Waals surface area contributed by atoms with E-state index in [1.165, 1.54) is 11.8 Å². The monoisotopic (exact) mass is 661 g/mol. The Balaban J connectivity index is 1.23. The lowest BCUT2D eigenvalue weighted by molar-refractivity contribution is -0.122. The number of halogens is 1. The largest absolute Gasteiger partial charge is 0.489 e. The van der Waals surface area contributed by atoms with Gasteiger partial charge in [0.05, 0.1) is 18.0 Å². The van der Waals surface area contributed by atoms with Gasteiger partial charge >= 0.3 is 0 Å². The molecule has 2 heterocycles. The van der Waals surface area contributed by atoms with Crippen LogP contribution in [0.4, 0.5) is 0 Å². The molecule has 0 saturated carbocycles. The summed E-state index contributed by atoms with van der Waals surface area (Å²) in [7, 11) is 0. The topological polar surface area (TPSA) is 46.8 Å². The number of aliphatic imine (C=N–C) groups is 1. The van der Waals surface area contributed by atoms with Crippen molar-refractivity contribution in [3.8, 4) is 11.4 Å². The van der Waals surface area contributed by atoms with E-state index in [1.807, 2.05) is 91.0 Å². The van der Waals surface area contributed by atoms with Crippen LogP contribution < -0.4 is 4.74 Å². The van der Waals surface area contributed by atoms with E-state index in [-0.39, 0.29) is 5.91 Å². The van der Waals surface area contributed by atoms with Crippen molar-refractivity contribution >= 4 is 44.8 Å². The van der Waals surface area contributed by atoms with Gasteiger partial charge in [-0.15, -0.1) is 0 Å². The van der Waals surface area contributed by atoms with Gasteiger partial charge in [-0.05, 0) is 96.4 Å². The number of hydrogen-bond donors (Lipinski definition) is 0. The third-order valence-electron chi connectivity index (χ3n) is 7.48. The Hall–Kier alpha value is -4.33. The second-order valence-corrected chi connectivity index (χ2v) is 12.6. The van der Waals surface area contributed by atoms with Gasteiger partial charge in [0.1, 0.15) is 12.4 Å². The van der Waals surface area contributed by atoms with Crippen LogP contribution >= 0.6 is 27.7 Å². The highest BCUT2D eigenvalue weighted by Crippen LogP contribution is 2.35. The Morgan fingerprint density at radius 2 is 1.48 bits per heavy atom. The Labute approximate surface area is 271 Å². The van der Waals surface area contributed by atoms with Crippen molar-refractivity contribution in [3.63, 3.8) is 0 Å². The maximum atomic E-state index is 13.8. The molecule has 0 unspecified atom stereocenters. The maximum Gasteiger partial charge on any atom is 0.267 e. The molecule has 1 aromatic heterocycles. The molecule has 4 aromatic carbocycles. The zero-order valence-corrected chi connectivity index (χ0v) is 27.0. The molecule has 0 atom stereocenters. The van der Waals surface area contributed by atoms with E-state index in [0.29, 0.717) is 24.6 Å². The first-order valence-electron chi connectivity index (χ1n) is 14.4. The average Bonchev–Trinajstić information content (AvgIpc) is 3.50. The number of thioether (sulfide) groups is 1. The van der Waals surface area contributed by atoms with Crippen LogP contribution in [0.2, 0.25) is 0 Å². The molecule has 0 N–H and O–H groups in total. The minimum Gasteiger partial charge on any atom is -0.489 e. The van der Waals surface area contributed by atoms with Gasteiger partial charge < -0.3 is 9.30 Å². The van der Waals surface area contributed by atoms with Crippen molar-refractivity contribution in [1.29, 1.82) is 0 Å². The van der Waals surface area contributed by atoms with Crippen LogP contribution in [0.1, 0.15) is 33.6 Å². The molecule has 0 aliphatic carbocycles. The van der Waals surface area contributed by atoms with Gasteiger partial charge in [0.25, 0.3) is 5.91 Å². The number of benzene rings is 4. The summed E-state index contributed by atoms with van der Waals surface area (Å²) in [5, 5.41) is 0.724. The summed E-state index contributed by atoms with van der Waals surface area (Å²) in [4.78, 5) is 21.1. The molecule has 5 aromatic rings. The second kappa shape index (κ2) is 13.5. The lowest BCUT2D eigenvalue weighted by Gasteiger charge is -2.15. The first kappa shape index (κ1) is 29.7. The van der Waals surface area contributed by atoms with E-state index >= 15 is 0 Å². The molecule has 44 heavy (non-hydrogen) atoms. The Kier molecular flexibility index (Phi) is 9.15. The molecule has 7 heteroatoms. The van der Waals surface area contributed by atoms with Crippen LogP contribution in [0.3, 0.4) is 0 Å². The van der Waals surface area contributed by atoms with E-state index in [1.54, 1.807) is 4.90 Å². The van der Waals surface area contributed by atoms with E-state index in [4.69, 9.17) is 9.73 Å². The molecule has 0 spiro atoms. The number of aryl methyl sites for hydroxylation is 1. The molecule has 6 rings (SSSR count). The number of aromatic nitrogens is 1. The molecular formula is C37H32BrN3O2S. The lowest BCUT2D eigenvalue weighted by atomic mass is 10.2. The molecular weight excluding hydrogens is 630 g/mol. The lowest BCUT2D eigenvalue weighted by Crippen LogP contribution is -2.28. The zero-order chi connectivity index (χ0) is 30.5. The maximum absolute atomic E-state index is 13.8. The van der Waals surface area contributed by atoms with Crippen LogP contribution in [0.15, 0.2) is 130 Å². The first-order chi connectivity index (χ1) is 21.4. The van der Waals surface area contributed by atoms with E-state index in [2.05, 4.69) is 64.7 Å². The van der Waals surface area contributed by atoms with Gasteiger partial charge in [-0.25, -0.2) is 0 Å². The highest BCUT2D eigenvalue weighted by molar-refractivity contribution is 9.10. The number of carbonyl (C=O) groups excluding carboxylic acids is 1. The smallest absolute Gasteiger partial charge is 0.267 e. The normalized spacial score (nSPS) is 15.0. The number of rotatable bonds is 9. The zero-order valence-electron chi connectivity index (χ0n) is 24.6. The molecule has 0 bridgehead atoms. The van der Waals surface area contributed by atoms with E-state index in [0.717, 1.165) is 54.7 Å². The van der Waals surface area contributed by atoms with Gasteiger partial charge in [-0.3, -0.25) is 14.7 Å². The second-order valence-electron chi connectivity index (χ2n) is 10.6. The third-order valence-corrected chi connectivity index (χ3v) is 9.05. The van der Waals surface area contributed by atoms with Crippen LogP contribution in [0.5, 0.6) is 5.75 Å². The van der Waals surface area contributed by atoms with Crippen molar-refractivity contribution < 1.29 is 9.53 Å². The van der Waals surface area contributed by atoms with E-state index < -0.39 is 0 Å². The standard InChI is InChI=1S/C37H32BrN3O2S/c1-26-21-31(27(2)41(26)33-17-19-34(20-18-33)43-25-30-13-15-32(38)16-14-30)22-35-36(42)40(24-29-11-7-4-8-12-29)37(44-35)39-23-28-9-5-3-6-10-28/h3-22H,23-25H2,1-2H3/b35-22-,39-37?. The summed E-state index contributed by atoms with van der Waals surface area (Å²) in [5.41, 5.74) is 7.50. The summed E-state index contributed by atoms with van der Waals surface area (Å²) in [6.07, 6.45) is 2.00. The number of nitrogens with zero attached hydrogens (tertiary/aromatic N) is 3. The minimum absolute atomic E-state index is 0.0252. The highest BCUT2D eigenvalue weighted by Gasteiger charge is 2.33. The molecule has 1 saturated heterocycles. The molecule has 5 nitrogen and oxygen atoms in total. The molecule has 220 valence electrons. The van der Waals surface area contributed by atoms with Gasteiger partial charge in [0.2, 0.25) is 0 Å². The molecule has 1 aliphatic rings. The minimum atomic E-state index is -0.0252. The number of ether oxygens (including phenoxy) is 1. The van der Waals surface area contributed by atoms with Crippen molar-refractivity contribution in [2.45, 2.75) is 33.5 Å². The van der Waals surface area contributed by atoms with Crippen molar-refractivity contribution in [2.24, 2.45) is 4.99 Å². The number of amides is 1. The quantitative estimate of drug-likeness (QED) is 0.148. The van der Waals surface area contributed by atoms with Gasteiger partial charge in [-0.1, -0.05) is 88.7 Å². The molecule has 1 amide bonds. The van der Waals surface area contributed by atoms with Crippen molar-refractivity contribution in [2.75, 3.05) is 0 Å². The summed E-state index contributed by atoms with van der Waals surface area (Å²) >= 11 is 4.92. The predicted octanol–water partition coefficient (Wildman–Crippen LogP) is 9.11. The summed E-state index contributed by atoms with van der Waals surface area (Å²) < 4.78 is 9.27. The first-order valence-corrected chi connectivity index (χ1v) is 16.1. The van der Waals surface area contributed by atoms with E-state index in [9.17, 15) is 4.79 Å². The Bertz CT molecular complexity index is 1810. The summed E-state index contributed by atoms with van der Waals surface area (Å²) in [6, 6.07) is 38.6. The fraction of sp³-hybridized carbons (Fsp3) is 0.135. The molecule has 1 aliphatic heterocycles. The fourth-order valence-electron chi connectivity index (χ4n) is 5.18. The van der Waals surface area contributed by atoms with Crippen LogP contribution in [-0.4, -0.2) is 20.5 Å². The van der Waals surface area contributed by atoms with Crippen molar-refractivity contribution in [1.82, 2.24) is 9.47 Å². The van der Waals surface area contributed by atoms with Crippen LogP contribution in [-0.2, 0) is 24.5 Å². The Morgan fingerprint density at radius 3 is 2.16 bits per heavy atom. The third kappa shape index (κ3) is 6.90. The SMILES string of the molecule is Cc1cc(/C=C2\SC(=NCc3ccccc3)N(Cc3ccccc3)C2=O)c(C)n1-c1ccc(OCc2ccc(Br)cc2)cc1. The fourth-order valence-corrected chi connectivity index (χ4v) is 6.42. The van der Waals surface area contributed by atoms with Crippen molar-refractivity contribution in [3.05, 3.63) is 158 Å². The average molecular weight is 663 g/mol. The highest BCUT2D eigenvalue weighted by atomic mass is 79.9. The number of carbonyl (C=O) groups is 1. The molecule has 1 fully saturated rings. The van der Waals surface area contributed by atoms with Crippen LogP contribution in [0, 0.1) is 13.8 Å².